The number of hydrogen-bond donors (Lipinski definition) is 0. The van der Waals surface area contributed by atoms with Crippen molar-refractivity contribution in [3.8, 4) is 0 Å². The van der Waals surface area contributed by atoms with E-state index < -0.39 is 0 Å². The normalized spacial score (nSPS) is 13.5. The van der Waals surface area contributed by atoms with Crippen LogP contribution >= 0.6 is 0 Å². The van der Waals surface area contributed by atoms with Crippen LogP contribution in [-0.2, 0) is 6.42 Å². The monoisotopic (exact) mass is 162 g/mol. The molecule has 0 bridgehead atoms. The molecule has 0 unspecified atom stereocenters. The summed E-state index contributed by atoms with van der Waals surface area (Å²) in [4.78, 5) is 11.2. The maximum Gasteiger partial charge on any atom is 0.163 e. The van der Waals surface area contributed by atoms with Crippen LogP contribution in [0.25, 0.3) is 6.08 Å². The Bertz CT molecular complexity index is 369. The summed E-state index contributed by atoms with van der Waals surface area (Å²) >= 11 is 0. The molecule has 0 saturated heterocycles. The topological polar surface area (TPSA) is 30.2 Å². The van der Waals surface area contributed by atoms with Gasteiger partial charge in [-0.2, -0.15) is 0 Å². The Hall–Kier alpha value is -1.31. The second kappa shape index (κ2) is 2.34. The molecule has 1 aromatic rings. The predicted octanol–water partition coefficient (Wildman–Crippen LogP) is 2.36. The zero-order chi connectivity index (χ0) is 8.72. The smallest absolute Gasteiger partial charge is 0.163 e. The Morgan fingerprint density at radius 1 is 1.58 bits per heavy atom. The molecule has 0 N–H and O–H groups in total. The highest BCUT2D eigenvalue weighted by Crippen LogP contribution is 2.28. The number of furan rings is 1. The Morgan fingerprint density at radius 2 is 2.33 bits per heavy atom. The summed E-state index contributed by atoms with van der Waals surface area (Å²) in [7, 11) is 0. The van der Waals surface area contributed by atoms with E-state index in [0.29, 0.717) is 0 Å². The summed E-state index contributed by atoms with van der Waals surface area (Å²) in [5, 5.41) is 0. The molecule has 0 aliphatic heterocycles. The number of hydrogen-bond acceptors (Lipinski definition) is 2. The number of rotatable bonds is 1. The lowest BCUT2D eigenvalue weighted by atomic mass is 10.1. The molecule has 0 radical (unpaired) electrons. The van der Waals surface area contributed by atoms with Crippen LogP contribution in [-0.4, -0.2) is 5.78 Å². The minimum atomic E-state index is 0.0983. The fourth-order valence-electron chi connectivity index (χ4n) is 1.69. The van der Waals surface area contributed by atoms with Gasteiger partial charge in [-0.1, -0.05) is 6.08 Å². The van der Waals surface area contributed by atoms with Crippen molar-refractivity contribution in [1.29, 1.82) is 0 Å². The van der Waals surface area contributed by atoms with E-state index in [0.717, 1.165) is 29.1 Å². The first-order valence-electron chi connectivity index (χ1n) is 4.00. The molecular weight excluding hydrogens is 152 g/mol. The number of carbonyl (C=O) groups is 1. The molecular formula is C10H10O2. The van der Waals surface area contributed by atoms with Crippen molar-refractivity contribution in [2.24, 2.45) is 0 Å². The van der Waals surface area contributed by atoms with Crippen LogP contribution < -0.4 is 0 Å². The second-order valence-corrected chi connectivity index (χ2v) is 3.04. The van der Waals surface area contributed by atoms with Gasteiger partial charge in [0.05, 0.1) is 5.56 Å². The van der Waals surface area contributed by atoms with E-state index in [9.17, 15) is 4.79 Å². The molecule has 1 heterocycles. The van der Waals surface area contributed by atoms with Crippen molar-refractivity contribution < 1.29 is 9.21 Å². The maximum atomic E-state index is 11.2. The van der Waals surface area contributed by atoms with Gasteiger partial charge in [0.2, 0.25) is 0 Å². The van der Waals surface area contributed by atoms with E-state index in [1.54, 1.807) is 6.92 Å². The van der Waals surface area contributed by atoms with Crippen molar-refractivity contribution in [2.45, 2.75) is 20.3 Å². The van der Waals surface area contributed by atoms with E-state index in [1.807, 2.05) is 19.1 Å². The summed E-state index contributed by atoms with van der Waals surface area (Å²) in [5.74, 6) is 1.70. The minimum absolute atomic E-state index is 0.0983. The number of carbonyl (C=O) groups excluding carboxylic acids is 1. The van der Waals surface area contributed by atoms with Crippen LogP contribution in [0.4, 0.5) is 0 Å². The molecule has 62 valence electrons. The van der Waals surface area contributed by atoms with Crippen molar-refractivity contribution in [3.05, 3.63) is 28.7 Å². The third-order valence-electron chi connectivity index (χ3n) is 2.16. The molecule has 0 saturated carbocycles. The van der Waals surface area contributed by atoms with Crippen molar-refractivity contribution in [3.63, 3.8) is 0 Å². The third kappa shape index (κ3) is 0.843. The highest BCUT2D eigenvalue weighted by molar-refractivity contribution is 5.97. The average Bonchev–Trinajstić information content (AvgIpc) is 2.44. The molecule has 0 spiro atoms. The molecule has 1 aromatic heterocycles. The van der Waals surface area contributed by atoms with E-state index in [2.05, 4.69) is 0 Å². The second-order valence-electron chi connectivity index (χ2n) is 3.04. The van der Waals surface area contributed by atoms with Gasteiger partial charge in [-0.15, -0.1) is 0 Å². The summed E-state index contributed by atoms with van der Waals surface area (Å²) in [6.45, 7) is 3.42. The largest absolute Gasteiger partial charge is 0.461 e. The molecule has 2 heteroatoms. The zero-order valence-electron chi connectivity index (χ0n) is 7.18. The molecule has 2 nitrogen and oxygen atoms in total. The van der Waals surface area contributed by atoms with Crippen LogP contribution in [0.1, 0.15) is 34.4 Å². The maximum absolute atomic E-state index is 11.2. The van der Waals surface area contributed by atoms with Gasteiger partial charge in [0, 0.05) is 5.56 Å². The Kier molecular flexibility index (Phi) is 1.43. The minimum Gasteiger partial charge on any atom is -0.461 e. The van der Waals surface area contributed by atoms with Crippen LogP contribution in [0.3, 0.4) is 0 Å². The van der Waals surface area contributed by atoms with Crippen LogP contribution in [0, 0.1) is 6.92 Å². The third-order valence-corrected chi connectivity index (χ3v) is 2.16. The Balaban J connectivity index is 2.64. The highest BCUT2D eigenvalue weighted by Gasteiger charge is 2.20. The molecule has 0 aromatic carbocycles. The molecule has 0 fully saturated rings. The summed E-state index contributed by atoms with van der Waals surface area (Å²) in [6.07, 6.45) is 4.77. The van der Waals surface area contributed by atoms with Gasteiger partial charge < -0.3 is 4.42 Å². The Morgan fingerprint density at radius 3 is 3.00 bits per heavy atom. The lowest BCUT2D eigenvalue weighted by molar-refractivity contribution is 0.101. The quantitative estimate of drug-likeness (QED) is 0.593. The predicted molar refractivity (Wildman–Crippen MR) is 46.2 cm³/mol. The van der Waals surface area contributed by atoms with Gasteiger partial charge in [-0.3, -0.25) is 4.79 Å². The summed E-state index contributed by atoms with van der Waals surface area (Å²) < 4.78 is 5.41. The zero-order valence-corrected chi connectivity index (χ0v) is 7.18. The van der Waals surface area contributed by atoms with Crippen LogP contribution in [0.15, 0.2) is 10.5 Å². The van der Waals surface area contributed by atoms with Crippen molar-refractivity contribution in [1.82, 2.24) is 0 Å². The van der Waals surface area contributed by atoms with Crippen molar-refractivity contribution >= 4 is 11.9 Å². The summed E-state index contributed by atoms with van der Waals surface area (Å²) in [6, 6.07) is 0. The van der Waals surface area contributed by atoms with E-state index >= 15 is 0 Å². The molecule has 0 amide bonds. The van der Waals surface area contributed by atoms with E-state index in [1.165, 1.54) is 0 Å². The van der Waals surface area contributed by atoms with Gasteiger partial charge in [-0.05, 0) is 26.3 Å². The Labute approximate surface area is 70.9 Å². The first-order valence-corrected chi connectivity index (χ1v) is 4.00. The molecule has 1 aliphatic rings. The lowest BCUT2D eigenvalue weighted by Gasteiger charge is -1.93. The fourth-order valence-corrected chi connectivity index (χ4v) is 1.69. The fraction of sp³-hybridized carbons (Fsp3) is 0.300. The molecule has 1 aliphatic carbocycles. The van der Waals surface area contributed by atoms with E-state index in [-0.39, 0.29) is 5.78 Å². The van der Waals surface area contributed by atoms with Gasteiger partial charge in [0.15, 0.2) is 5.78 Å². The van der Waals surface area contributed by atoms with E-state index in [4.69, 9.17) is 4.42 Å². The number of aryl methyl sites for hydroxylation is 1. The standard InChI is InChI=1S/C10H10O2/c1-6(11)10-7(2)12-9-5-3-4-8(9)10/h3,5H,4H2,1-2H3. The number of allylic oxidation sites excluding steroid dienone is 1. The number of fused-ring (bicyclic) bond motifs is 1. The van der Waals surface area contributed by atoms with Gasteiger partial charge >= 0.3 is 0 Å². The first kappa shape index (κ1) is 7.35. The lowest BCUT2D eigenvalue weighted by Crippen LogP contribution is -1.96. The highest BCUT2D eigenvalue weighted by atomic mass is 16.3. The SMILES string of the molecule is CC(=O)c1c(C)oc2c1CC=C2. The number of Topliss-reactive ketones (excluding diaryl/α,β-unsaturated/α-hetero) is 1. The van der Waals surface area contributed by atoms with Gasteiger partial charge in [-0.25, -0.2) is 0 Å². The number of ketones is 1. The van der Waals surface area contributed by atoms with Gasteiger partial charge in [0.1, 0.15) is 11.5 Å². The molecule has 2 rings (SSSR count). The summed E-state index contributed by atoms with van der Waals surface area (Å²) in [5.41, 5.74) is 1.83. The van der Waals surface area contributed by atoms with Crippen molar-refractivity contribution in [2.75, 3.05) is 0 Å². The van der Waals surface area contributed by atoms with Crippen LogP contribution in [0.5, 0.6) is 0 Å². The van der Waals surface area contributed by atoms with Crippen LogP contribution in [0.2, 0.25) is 0 Å². The molecule has 0 atom stereocenters. The molecule has 12 heavy (non-hydrogen) atoms. The average molecular weight is 162 g/mol. The van der Waals surface area contributed by atoms with Gasteiger partial charge in [0.25, 0.3) is 0 Å². The first-order chi connectivity index (χ1) is 5.70.